The van der Waals surface area contributed by atoms with Gasteiger partial charge in [0.2, 0.25) is 5.91 Å². The van der Waals surface area contributed by atoms with Gasteiger partial charge in [-0.25, -0.2) is 4.39 Å². The van der Waals surface area contributed by atoms with E-state index >= 15 is 0 Å². The lowest BCUT2D eigenvalue weighted by Crippen LogP contribution is -2.07. The molecule has 0 spiro atoms. The van der Waals surface area contributed by atoms with Crippen LogP contribution in [-0.2, 0) is 22.6 Å². The summed E-state index contributed by atoms with van der Waals surface area (Å²) in [5.74, 6) is -0.713. The average molecular weight is 415 g/mol. The Morgan fingerprint density at radius 1 is 1.17 bits per heavy atom. The van der Waals surface area contributed by atoms with Crippen LogP contribution in [0.15, 0.2) is 60.8 Å². The molecule has 3 N–H and O–H groups in total. The maximum atomic E-state index is 13.1. The summed E-state index contributed by atoms with van der Waals surface area (Å²) >= 11 is 0. The summed E-state index contributed by atoms with van der Waals surface area (Å²) in [6.07, 6.45) is 4.37. The van der Waals surface area contributed by atoms with Crippen molar-refractivity contribution in [3.63, 3.8) is 0 Å². The van der Waals surface area contributed by atoms with E-state index in [-0.39, 0.29) is 17.9 Å². The van der Waals surface area contributed by atoms with Crippen LogP contribution in [-0.4, -0.2) is 25.5 Å². The van der Waals surface area contributed by atoms with Crippen molar-refractivity contribution in [3.8, 4) is 11.3 Å². The molecule has 0 bridgehead atoms. The van der Waals surface area contributed by atoms with Crippen molar-refractivity contribution in [2.75, 3.05) is 5.32 Å². The predicted molar refractivity (Wildman–Crippen MR) is 108 cm³/mol. The molecule has 3 rings (SSSR count). The largest absolute Gasteiger partial charge is 0.329 e. The fourth-order valence-electron chi connectivity index (χ4n) is 2.74. The van der Waals surface area contributed by atoms with Crippen molar-refractivity contribution in [2.45, 2.75) is 6.16 Å². The average Bonchev–Trinajstić information content (AvgIpc) is 3.02. The number of hydrogen-bond acceptors (Lipinski definition) is 3. The molecule has 0 saturated heterocycles. The molecule has 3 aromatic rings. The first-order valence-electron chi connectivity index (χ1n) is 8.62. The zero-order valence-corrected chi connectivity index (χ0v) is 16.4. The molecular weight excluding hydrogens is 396 g/mol. The molecule has 0 atom stereocenters. The van der Waals surface area contributed by atoms with Gasteiger partial charge < -0.3 is 15.1 Å². The maximum absolute atomic E-state index is 13.1. The molecule has 9 heteroatoms. The molecule has 1 aromatic heterocycles. The molecule has 7 nitrogen and oxygen atoms in total. The van der Waals surface area contributed by atoms with Gasteiger partial charge in [-0.2, -0.15) is 5.10 Å². The highest BCUT2D eigenvalue weighted by Crippen LogP contribution is 2.39. The van der Waals surface area contributed by atoms with Crippen LogP contribution in [0, 0.1) is 5.82 Å². The SMILES string of the molecule is Cn1cc(C=CC(=O)Nc2ccc(CP(=O)(O)O)cc2)c(-c2ccc(F)cc2)n1. The van der Waals surface area contributed by atoms with Crippen LogP contribution in [0.5, 0.6) is 0 Å². The Morgan fingerprint density at radius 3 is 2.45 bits per heavy atom. The van der Waals surface area contributed by atoms with Crippen LogP contribution in [0.1, 0.15) is 11.1 Å². The lowest BCUT2D eigenvalue weighted by atomic mass is 10.1. The number of aryl methyl sites for hydroxylation is 1. The smallest absolute Gasteiger partial charge is 0.324 e. The number of hydrogen-bond donors (Lipinski definition) is 3. The van der Waals surface area contributed by atoms with Crippen LogP contribution in [0.3, 0.4) is 0 Å². The number of carbonyl (C=O) groups is 1. The summed E-state index contributed by atoms with van der Waals surface area (Å²) in [6, 6.07) is 12.2. The molecule has 2 aromatic carbocycles. The molecule has 29 heavy (non-hydrogen) atoms. The topological polar surface area (TPSA) is 104 Å². The highest BCUT2D eigenvalue weighted by molar-refractivity contribution is 7.50. The van der Waals surface area contributed by atoms with Gasteiger partial charge in [0.15, 0.2) is 0 Å². The van der Waals surface area contributed by atoms with Crippen molar-refractivity contribution in [1.82, 2.24) is 9.78 Å². The summed E-state index contributed by atoms with van der Waals surface area (Å²) in [7, 11) is -2.38. The Hall–Kier alpha value is -3.06. The minimum absolute atomic E-state index is 0.340. The number of rotatable bonds is 6. The number of anilines is 1. The van der Waals surface area contributed by atoms with Crippen LogP contribution < -0.4 is 5.32 Å². The van der Waals surface area contributed by atoms with E-state index in [0.717, 1.165) is 5.56 Å². The molecule has 0 aliphatic heterocycles. The second kappa shape index (κ2) is 8.53. The Bertz CT molecular complexity index is 1090. The fourth-order valence-corrected chi connectivity index (χ4v) is 3.43. The van der Waals surface area contributed by atoms with E-state index in [1.54, 1.807) is 60.4 Å². The second-order valence-electron chi connectivity index (χ2n) is 6.46. The molecule has 1 heterocycles. The van der Waals surface area contributed by atoms with Crippen molar-refractivity contribution in [2.24, 2.45) is 7.05 Å². The first-order chi connectivity index (χ1) is 13.7. The van der Waals surface area contributed by atoms with Gasteiger partial charge in [0.1, 0.15) is 5.82 Å². The Labute approximate surface area is 166 Å². The highest BCUT2D eigenvalue weighted by atomic mass is 31.2. The molecule has 0 aliphatic rings. The second-order valence-corrected chi connectivity index (χ2v) is 8.10. The van der Waals surface area contributed by atoms with Crippen molar-refractivity contribution < 1.29 is 23.5 Å². The molecule has 150 valence electrons. The lowest BCUT2D eigenvalue weighted by Gasteiger charge is -2.06. The summed E-state index contributed by atoms with van der Waals surface area (Å²) in [5.41, 5.74) is 3.03. The molecule has 0 fully saturated rings. The van der Waals surface area contributed by atoms with Crippen molar-refractivity contribution in [3.05, 3.63) is 77.7 Å². The van der Waals surface area contributed by atoms with Crippen molar-refractivity contribution in [1.29, 1.82) is 0 Å². The van der Waals surface area contributed by atoms with Crippen LogP contribution in [0.25, 0.3) is 17.3 Å². The monoisotopic (exact) mass is 415 g/mol. The summed E-state index contributed by atoms with van der Waals surface area (Å²) in [4.78, 5) is 30.2. The molecule has 0 unspecified atom stereocenters. The Balaban J connectivity index is 1.70. The van der Waals surface area contributed by atoms with Crippen LogP contribution >= 0.6 is 7.60 Å². The third-order valence-electron chi connectivity index (χ3n) is 4.00. The van der Waals surface area contributed by atoms with E-state index in [1.807, 2.05) is 0 Å². The zero-order chi connectivity index (χ0) is 21.0. The predicted octanol–water partition coefficient (Wildman–Crippen LogP) is 3.56. The van der Waals surface area contributed by atoms with E-state index in [0.29, 0.717) is 22.5 Å². The van der Waals surface area contributed by atoms with E-state index < -0.39 is 7.60 Å². The number of amides is 1. The van der Waals surface area contributed by atoms with Gasteiger partial charge in [-0.05, 0) is 48.0 Å². The van der Waals surface area contributed by atoms with Crippen LogP contribution in [0.4, 0.5) is 10.1 Å². The fraction of sp³-hybridized carbons (Fsp3) is 0.100. The first kappa shape index (κ1) is 20.7. The third-order valence-corrected chi connectivity index (χ3v) is 4.78. The lowest BCUT2D eigenvalue weighted by molar-refractivity contribution is -0.111. The normalized spacial score (nSPS) is 11.7. The maximum Gasteiger partial charge on any atom is 0.329 e. The van der Waals surface area contributed by atoms with E-state index in [4.69, 9.17) is 9.79 Å². The summed E-state index contributed by atoms with van der Waals surface area (Å²) in [5, 5.41) is 7.04. The van der Waals surface area contributed by atoms with Gasteiger partial charge in [0, 0.05) is 36.1 Å². The van der Waals surface area contributed by atoms with Gasteiger partial charge in [-0.1, -0.05) is 12.1 Å². The Kier molecular flexibility index (Phi) is 6.08. The van der Waals surface area contributed by atoms with E-state index in [1.165, 1.54) is 18.2 Å². The van der Waals surface area contributed by atoms with Crippen molar-refractivity contribution >= 4 is 25.3 Å². The minimum Gasteiger partial charge on any atom is -0.324 e. The van der Waals surface area contributed by atoms with Gasteiger partial charge in [-0.3, -0.25) is 14.0 Å². The first-order valence-corrected chi connectivity index (χ1v) is 10.4. The van der Waals surface area contributed by atoms with E-state index in [9.17, 15) is 13.8 Å². The van der Waals surface area contributed by atoms with E-state index in [2.05, 4.69) is 10.4 Å². The third kappa shape index (κ3) is 5.96. The number of benzene rings is 2. The highest BCUT2D eigenvalue weighted by Gasteiger charge is 2.13. The summed E-state index contributed by atoms with van der Waals surface area (Å²) < 4.78 is 25.8. The number of aromatic nitrogens is 2. The molecule has 0 aliphatic carbocycles. The molecule has 0 radical (unpaired) electrons. The number of nitrogens with zero attached hydrogens (tertiary/aromatic N) is 2. The van der Waals surface area contributed by atoms with Gasteiger partial charge in [0.05, 0.1) is 11.9 Å². The molecular formula is C20H19FN3O4P. The number of carbonyl (C=O) groups excluding carboxylic acids is 1. The molecule has 1 amide bonds. The van der Waals surface area contributed by atoms with Gasteiger partial charge in [0.25, 0.3) is 0 Å². The number of halogens is 1. The standard InChI is InChI=1S/C20H19FN3O4P/c1-24-12-16(20(23-24)15-4-7-17(21)8-5-15)6-11-19(25)22-18-9-2-14(3-10-18)13-29(26,27)28/h2-12H,13H2,1H3,(H,22,25)(H2,26,27,28). The van der Waals surface area contributed by atoms with Crippen LogP contribution in [0.2, 0.25) is 0 Å². The van der Waals surface area contributed by atoms with Gasteiger partial charge >= 0.3 is 7.60 Å². The zero-order valence-electron chi connectivity index (χ0n) is 15.5. The van der Waals surface area contributed by atoms with Gasteiger partial charge in [-0.15, -0.1) is 0 Å². The minimum atomic E-state index is -4.13. The Morgan fingerprint density at radius 2 is 1.83 bits per heavy atom. The quantitative estimate of drug-likeness (QED) is 0.422. The molecule has 0 saturated carbocycles. The number of nitrogens with one attached hydrogen (secondary N) is 1. The summed E-state index contributed by atoms with van der Waals surface area (Å²) in [6.45, 7) is 0.